The second-order valence-corrected chi connectivity index (χ2v) is 13.0. The standard InChI is InChI=1S/C36H53N3O6/c1-8-13-14-15-23-44-34(43)30-29-32(41)39(28(24-40)25(6)7)31(36(29)21-20-35(30,10-3)45-36)33(42)38(22-9-2)27-18-16-26(17-19-27)37(11-4)12-5/h8-9,16-19,25,28-31,40H,1-2,10-15,20-24H2,3-7H3/t28-,29-,30-,31?,35+,36?/m0/s1. The van der Waals surface area contributed by atoms with Crippen molar-refractivity contribution in [1.29, 1.82) is 0 Å². The van der Waals surface area contributed by atoms with Crippen LogP contribution >= 0.6 is 0 Å². The minimum atomic E-state index is -1.21. The number of rotatable bonds is 17. The lowest BCUT2D eigenvalue weighted by molar-refractivity contribution is -0.162. The number of esters is 1. The molecule has 1 spiro atoms. The Hall–Kier alpha value is -3.17. The number of amides is 2. The fraction of sp³-hybridized carbons (Fsp3) is 0.639. The molecule has 9 nitrogen and oxygen atoms in total. The average Bonchev–Trinajstić information content (AvgIpc) is 3.64. The van der Waals surface area contributed by atoms with Crippen molar-refractivity contribution in [3.63, 3.8) is 0 Å². The summed E-state index contributed by atoms with van der Waals surface area (Å²) in [5, 5.41) is 10.6. The zero-order chi connectivity index (χ0) is 32.9. The van der Waals surface area contributed by atoms with Crippen molar-refractivity contribution in [2.45, 2.75) is 96.4 Å². The average molecular weight is 624 g/mol. The number of benzene rings is 1. The van der Waals surface area contributed by atoms with Crippen molar-refractivity contribution in [1.82, 2.24) is 4.90 Å². The fourth-order valence-electron chi connectivity index (χ4n) is 7.96. The van der Waals surface area contributed by atoms with Gasteiger partial charge in [-0.2, -0.15) is 0 Å². The van der Waals surface area contributed by atoms with Crippen LogP contribution in [0.25, 0.3) is 0 Å². The number of unbranched alkanes of at least 4 members (excludes halogenated alkanes) is 2. The fourth-order valence-corrected chi connectivity index (χ4v) is 7.96. The summed E-state index contributed by atoms with van der Waals surface area (Å²) in [5.41, 5.74) is -0.356. The Labute approximate surface area is 269 Å². The molecule has 3 heterocycles. The van der Waals surface area contributed by atoms with Crippen LogP contribution in [0.1, 0.15) is 73.1 Å². The molecular formula is C36H53N3O6. The van der Waals surface area contributed by atoms with Crippen LogP contribution in [-0.2, 0) is 23.9 Å². The van der Waals surface area contributed by atoms with Crippen molar-refractivity contribution in [3.05, 3.63) is 49.6 Å². The smallest absolute Gasteiger partial charge is 0.312 e. The first-order chi connectivity index (χ1) is 21.6. The molecule has 2 amide bonds. The number of likely N-dealkylation sites (tertiary alicyclic amines) is 1. The van der Waals surface area contributed by atoms with E-state index in [4.69, 9.17) is 9.47 Å². The third-order valence-corrected chi connectivity index (χ3v) is 10.3. The number of anilines is 2. The van der Waals surface area contributed by atoms with Crippen LogP contribution in [0.3, 0.4) is 0 Å². The van der Waals surface area contributed by atoms with Gasteiger partial charge < -0.3 is 29.3 Å². The van der Waals surface area contributed by atoms with Crippen LogP contribution < -0.4 is 9.80 Å². The van der Waals surface area contributed by atoms with Gasteiger partial charge in [-0.05, 0) is 82.6 Å². The van der Waals surface area contributed by atoms with E-state index in [9.17, 15) is 19.5 Å². The number of carbonyl (C=O) groups excluding carboxylic acids is 3. The summed E-state index contributed by atoms with van der Waals surface area (Å²) in [7, 11) is 0. The molecule has 0 aromatic heterocycles. The Morgan fingerprint density at radius 2 is 1.76 bits per heavy atom. The molecule has 1 N–H and O–H groups in total. The Kier molecular flexibility index (Phi) is 11.2. The SMILES string of the molecule is C=CCCCCOC(=O)[C@@H]1[C@H]2C(=O)N([C@@H](CO)C(C)C)C(C(=O)N(CC=C)c3ccc(N(CC)CC)cc3)C23CC[C@@]1(CC)O3. The lowest BCUT2D eigenvalue weighted by atomic mass is 9.65. The molecule has 3 saturated heterocycles. The molecule has 1 aromatic carbocycles. The van der Waals surface area contributed by atoms with Crippen LogP contribution in [0.4, 0.5) is 11.4 Å². The number of allylic oxidation sites excluding steroid dienone is 1. The monoisotopic (exact) mass is 623 g/mol. The molecule has 3 aliphatic rings. The molecule has 1 aromatic rings. The predicted molar refractivity (Wildman–Crippen MR) is 177 cm³/mol. The van der Waals surface area contributed by atoms with Gasteiger partial charge in [0.25, 0.3) is 5.91 Å². The van der Waals surface area contributed by atoms with Crippen LogP contribution in [0.2, 0.25) is 0 Å². The molecule has 6 atom stereocenters. The van der Waals surface area contributed by atoms with E-state index < -0.39 is 41.1 Å². The quantitative estimate of drug-likeness (QED) is 0.146. The Bertz CT molecular complexity index is 1230. The number of aliphatic hydroxyl groups excluding tert-OH is 1. The van der Waals surface area contributed by atoms with E-state index in [0.29, 0.717) is 31.4 Å². The number of nitrogens with zero attached hydrogens (tertiary/aromatic N) is 3. The number of hydrogen-bond donors (Lipinski definition) is 1. The van der Waals surface area contributed by atoms with Gasteiger partial charge in [0.1, 0.15) is 17.6 Å². The first-order valence-corrected chi connectivity index (χ1v) is 16.8. The summed E-state index contributed by atoms with van der Waals surface area (Å²) in [6.45, 7) is 19.6. The van der Waals surface area contributed by atoms with Crippen LogP contribution in [0, 0.1) is 17.8 Å². The van der Waals surface area contributed by atoms with Crippen molar-refractivity contribution in [2.75, 3.05) is 42.6 Å². The number of ether oxygens (including phenoxy) is 2. The summed E-state index contributed by atoms with van der Waals surface area (Å²) >= 11 is 0. The Balaban J connectivity index is 1.76. The Morgan fingerprint density at radius 1 is 1.09 bits per heavy atom. The minimum absolute atomic E-state index is 0.140. The van der Waals surface area contributed by atoms with Crippen molar-refractivity contribution >= 4 is 29.2 Å². The largest absolute Gasteiger partial charge is 0.465 e. The minimum Gasteiger partial charge on any atom is -0.465 e. The van der Waals surface area contributed by atoms with Gasteiger partial charge in [0.15, 0.2) is 0 Å². The predicted octanol–water partition coefficient (Wildman–Crippen LogP) is 5.12. The number of aliphatic hydroxyl groups is 1. The highest BCUT2D eigenvalue weighted by Crippen LogP contribution is 2.65. The second-order valence-electron chi connectivity index (χ2n) is 13.0. The topological polar surface area (TPSA) is 99.6 Å². The summed E-state index contributed by atoms with van der Waals surface area (Å²) in [4.78, 5) is 48.8. The van der Waals surface area contributed by atoms with E-state index >= 15 is 0 Å². The van der Waals surface area contributed by atoms with Crippen LogP contribution in [-0.4, -0.2) is 83.9 Å². The maximum absolute atomic E-state index is 14.9. The molecule has 3 aliphatic heterocycles. The highest BCUT2D eigenvalue weighted by atomic mass is 16.6. The van der Waals surface area contributed by atoms with Crippen molar-refractivity contribution in [2.24, 2.45) is 17.8 Å². The third kappa shape index (κ3) is 6.06. The summed E-state index contributed by atoms with van der Waals surface area (Å²) in [6, 6.07) is 6.20. The molecule has 2 unspecified atom stereocenters. The van der Waals surface area contributed by atoms with E-state index in [1.54, 1.807) is 15.9 Å². The van der Waals surface area contributed by atoms with E-state index in [0.717, 1.165) is 31.6 Å². The van der Waals surface area contributed by atoms with E-state index in [1.807, 2.05) is 51.1 Å². The molecule has 2 bridgehead atoms. The molecular weight excluding hydrogens is 570 g/mol. The number of hydrogen-bond acceptors (Lipinski definition) is 7. The summed E-state index contributed by atoms with van der Waals surface area (Å²) < 4.78 is 12.7. The van der Waals surface area contributed by atoms with E-state index in [-0.39, 0.29) is 37.5 Å². The second kappa shape index (κ2) is 14.5. The van der Waals surface area contributed by atoms with Crippen LogP contribution in [0.5, 0.6) is 0 Å². The van der Waals surface area contributed by atoms with Gasteiger partial charge in [0.05, 0.1) is 30.8 Å². The maximum Gasteiger partial charge on any atom is 0.312 e. The lowest BCUT2D eigenvalue weighted by Gasteiger charge is -2.40. The van der Waals surface area contributed by atoms with Gasteiger partial charge >= 0.3 is 5.97 Å². The van der Waals surface area contributed by atoms with E-state index in [2.05, 4.69) is 31.9 Å². The van der Waals surface area contributed by atoms with E-state index in [1.165, 1.54) is 0 Å². The highest BCUT2D eigenvalue weighted by molar-refractivity contribution is 6.05. The molecule has 3 fully saturated rings. The van der Waals surface area contributed by atoms with Gasteiger partial charge in [-0.1, -0.05) is 32.9 Å². The molecule has 0 aliphatic carbocycles. The van der Waals surface area contributed by atoms with Gasteiger partial charge in [0, 0.05) is 31.0 Å². The molecule has 0 radical (unpaired) electrons. The van der Waals surface area contributed by atoms with Gasteiger partial charge in [-0.25, -0.2) is 0 Å². The van der Waals surface area contributed by atoms with Crippen molar-refractivity contribution < 1.29 is 29.0 Å². The molecule has 0 saturated carbocycles. The van der Waals surface area contributed by atoms with Crippen molar-refractivity contribution in [3.8, 4) is 0 Å². The summed E-state index contributed by atoms with van der Waals surface area (Å²) in [5.74, 6) is -2.90. The summed E-state index contributed by atoms with van der Waals surface area (Å²) in [6.07, 6.45) is 7.44. The zero-order valence-corrected chi connectivity index (χ0v) is 27.9. The number of carbonyl (C=O) groups is 3. The van der Waals surface area contributed by atoms with Crippen LogP contribution in [0.15, 0.2) is 49.6 Å². The van der Waals surface area contributed by atoms with Gasteiger partial charge in [0.2, 0.25) is 5.91 Å². The van der Waals surface area contributed by atoms with Gasteiger partial charge in [-0.15, -0.1) is 13.2 Å². The molecule has 9 heteroatoms. The van der Waals surface area contributed by atoms with Gasteiger partial charge in [-0.3, -0.25) is 14.4 Å². The number of fused-ring (bicyclic) bond motifs is 1. The zero-order valence-electron chi connectivity index (χ0n) is 27.9. The Morgan fingerprint density at radius 3 is 2.31 bits per heavy atom. The first-order valence-electron chi connectivity index (χ1n) is 16.8. The third-order valence-electron chi connectivity index (χ3n) is 10.3. The molecule has 4 rings (SSSR count). The lowest BCUT2D eigenvalue weighted by Crippen LogP contribution is -2.60. The maximum atomic E-state index is 14.9. The normalized spacial score (nSPS) is 27.4. The first kappa shape index (κ1) is 34.7. The molecule has 248 valence electrons. The highest BCUT2D eigenvalue weighted by Gasteiger charge is 2.79. The molecule has 45 heavy (non-hydrogen) atoms.